The molecule has 2 N–H and O–H groups in total. The zero-order chi connectivity index (χ0) is 20.8. The smallest absolute Gasteiger partial charge is 0.278 e. The van der Waals surface area contributed by atoms with Crippen LogP contribution in [0.15, 0.2) is 46.4 Å². The number of carbonyl (C=O) groups is 1. The summed E-state index contributed by atoms with van der Waals surface area (Å²) in [5.41, 5.74) is 3.38. The Morgan fingerprint density at radius 1 is 1.28 bits per heavy atom. The molecule has 1 aromatic heterocycles. The molecule has 1 aliphatic rings. The summed E-state index contributed by atoms with van der Waals surface area (Å²) in [6.07, 6.45) is 3.55. The molecule has 0 saturated heterocycles. The summed E-state index contributed by atoms with van der Waals surface area (Å²) >= 11 is 3.21. The minimum absolute atomic E-state index is 0.122. The number of hydrogen-bond acceptors (Lipinski definition) is 5. The van der Waals surface area contributed by atoms with Crippen molar-refractivity contribution in [1.29, 1.82) is 0 Å². The van der Waals surface area contributed by atoms with Gasteiger partial charge in [-0.05, 0) is 37.5 Å². The van der Waals surface area contributed by atoms with Crippen molar-refractivity contribution in [3.8, 4) is 0 Å². The summed E-state index contributed by atoms with van der Waals surface area (Å²) in [5.74, 6) is -1.03. The van der Waals surface area contributed by atoms with Crippen LogP contribution in [-0.4, -0.2) is 23.7 Å². The fourth-order valence-electron chi connectivity index (χ4n) is 3.19. The molecule has 0 bridgehead atoms. The zero-order valence-electron chi connectivity index (χ0n) is 15.7. The summed E-state index contributed by atoms with van der Waals surface area (Å²) in [7, 11) is 0. The first-order valence-corrected chi connectivity index (χ1v) is 9.94. The summed E-state index contributed by atoms with van der Waals surface area (Å²) in [4.78, 5) is 30.6. The van der Waals surface area contributed by atoms with Gasteiger partial charge < -0.3 is 14.6 Å². The van der Waals surface area contributed by atoms with Crippen molar-refractivity contribution in [2.45, 2.75) is 25.8 Å². The lowest BCUT2D eigenvalue weighted by Crippen LogP contribution is -2.34. The molecule has 0 fully saturated rings. The fraction of sp³-hybridized carbons (Fsp3) is 0.300. The third-order valence-corrected chi connectivity index (χ3v) is 4.97. The Kier molecular flexibility index (Phi) is 7.05. The van der Waals surface area contributed by atoms with Gasteiger partial charge in [-0.25, -0.2) is 9.87 Å². The van der Waals surface area contributed by atoms with Gasteiger partial charge in [0.2, 0.25) is 0 Å². The summed E-state index contributed by atoms with van der Waals surface area (Å²) in [5, 5.41) is 2.89. The normalized spacial score (nSPS) is 12.8. The molecule has 154 valence electrons. The van der Waals surface area contributed by atoms with Crippen LogP contribution in [0.3, 0.4) is 0 Å². The van der Waals surface area contributed by atoms with Gasteiger partial charge >= 0.3 is 0 Å². The summed E-state index contributed by atoms with van der Waals surface area (Å²) in [6.45, 7) is 4.31. The van der Waals surface area contributed by atoms with Gasteiger partial charge in [-0.2, -0.15) is 0 Å². The number of anilines is 2. The molecule has 3 rings (SSSR count). The summed E-state index contributed by atoms with van der Waals surface area (Å²) in [6, 6.07) is 5.81. The average molecular weight is 466 g/mol. The number of hydroxylamine groups is 1. The highest BCUT2D eigenvalue weighted by Crippen LogP contribution is 2.28. The van der Waals surface area contributed by atoms with Gasteiger partial charge in [0.1, 0.15) is 19.0 Å². The number of nitrogens with zero attached hydrogens (tertiary/aromatic N) is 1. The number of rotatable bonds is 8. The maximum atomic E-state index is 14.3. The fourth-order valence-corrected chi connectivity index (χ4v) is 3.53. The molecule has 0 spiro atoms. The monoisotopic (exact) mass is 465 g/mol. The van der Waals surface area contributed by atoms with Gasteiger partial charge in [-0.15, -0.1) is 0 Å². The molecule has 9 heteroatoms. The van der Waals surface area contributed by atoms with Crippen molar-refractivity contribution in [2.24, 2.45) is 0 Å². The number of amides is 1. The minimum Gasteiger partial charge on any atom is -0.499 e. The summed E-state index contributed by atoms with van der Waals surface area (Å²) < 4.78 is 21.4. The lowest BCUT2D eigenvalue weighted by Gasteiger charge is -2.23. The van der Waals surface area contributed by atoms with E-state index in [1.807, 2.05) is 0 Å². The molecule has 0 atom stereocenters. The first-order valence-electron chi connectivity index (χ1n) is 9.14. The molecule has 7 nitrogen and oxygen atoms in total. The highest BCUT2D eigenvalue weighted by atomic mass is 79.9. The Labute approximate surface area is 175 Å². The molecule has 0 radical (unpaired) electrons. The van der Waals surface area contributed by atoms with Crippen LogP contribution in [0.1, 0.15) is 28.9 Å². The van der Waals surface area contributed by atoms with Crippen LogP contribution in [0.4, 0.5) is 15.8 Å². The number of nitrogens with one attached hydrogen (secondary N) is 2. The molecule has 1 aliphatic heterocycles. The van der Waals surface area contributed by atoms with E-state index >= 15 is 0 Å². The van der Waals surface area contributed by atoms with Crippen molar-refractivity contribution in [3.63, 3.8) is 0 Å². The lowest BCUT2D eigenvalue weighted by molar-refractivity contribution is 0.0144. The SMILES string of the molecule is C=COCCONC(=O)c1c(Nc2ccc(Br)cc2F)cc(=O)n2c1CCCC2. The van der Waals surface area contributed by atoms with E-state index in [2.05, 4.69) is 33.3 Å². The number of hydrogen-bond donors (Lipinski definition) is 2. The highest BCUT2D eigenvalue weighted by molar-refractivity contribution is 9.10. The van der Waals surface area contributed by atoms with Gasteiger partial charge in [-0.3, -0.25) is 14.4 Å². The maximum Gasteiger partial charge on any atom is 0.278 e. The lowest BCUT2D eigenvalue weighted by atomic mass is 10.0. The van der Waals surface area contributed by atoms with Gasteiger partial charge in [0, 0.05) is 22.8 Å². The van der Waals surface area contributed by atoms with Crippen LogP contribution in [0.2, 0.25) is 0 Å². The molecule has 29 heavy (non-hydrogen) atoms. The van der Waals surface area contributed by atoms with E-state index in [9.17, 15) is 14.0 Å². The third-order valence-electron chi connectivity index (χ3n) is 4.48. The van der Waals surface area contributed by atoms with Crippen molar-refractivity contribution in [2.75, 3.05) is 18.5 Å². The average Bonchev–Trinajstić information content (AvgIpc) is 2.70. The first-order chi connectivity index (χ1) is 14.0. The van der Waals surface area contributed by atoms with Crippen LogP contribution < -0.4 is 16.4 Å². The Morgan fingerprint density at radius 2 is 2.10 bits per heavy atom. The molecule has 0 unspecified atom stereocenters. The van der Waals surface area contributed by atoms with E-state index in [4.69, 9.17) is 9.57 Å². The molecular weight excluding hydrogens is 445 g/mol. The third kappa shape index (κ3) is 5.04. The number of halogens is 2. The number of fused-ring (bicyclic) bond motifs is 1. The van der Waals surface area contributed by atoms with Gasteiger partial charge in [0.05, 0.1) is 23.2 Å². The number of carbonyl (C=O) groups excluding carboxylic acids is 1. The predicted octanol–water partition coefficient (Wildman–Crippen LogP) is 3.65. The Bertz CT molecular complexity index is 977. The quantitative estimate of drug-likeness (QED) is 0.353. The van der Waals surface area contributed by atoms with E-state index in [0.29, 0.717) is 23.1 Å². The number of ether oxygens (including phenoxy) is 1. The van der Waals surface area contributed by atoms with Crippen LogP contribution in [0.25, 0.3) is 0 Å². The molecular formula is C20H21BrFN3O4. The van der Waals surface area contributed by atoms with Gasteiger partial charge in [-0.1, -0.05) is 22.5 Å². The van der Waals surface area contributed by atoms with Crippen molar-refractivity contribution >= 4 is 33.2 Å². The van der Waals surface area contributed by atoms with Crippen LogP contribution in [0.5, 0.6) is 0 Å². The molecule has 1 aromatic carbocycles. The second-order valence-corrected chi connectivity index (χ2v) is 7.31. The van der Waals surface area contributed by atoms with Gasteiger partial charge in [0.25, 0.3) is 11.5 Å². The van der Waals surface area contributed by atoms with Gasteiger partial charge in [0.15, 0.2) is 0 Å². The minimum atomic E-state index is -0.519. The second-order valence-electron chi connectivity index (χ2n) is 6.39. The maximum absolute atomic E-state index is 14.3. The Hall–Kier alpha value is -2.65. The Morgan fingerprint density at radius 3 is 2.86 bits per heavy atom. The molecule has 2 heterocycles. The number of aromatic nitrogens is 1. The molecule has 0 saturated carbocycles. The zero-order valence-corrected chi connectivity index (χ0v) is 17.3. The second kappa shape index (κ2) is 9.71. The van der Waals surface area contributed by atoms with Crippen LogP contribution in [0, 0.1) is 5.82 Å². The predicted molar refractivity (Wildman–Crippen MR) is 111 cm³/mol. The van der Waals surface area contributed by atoms with E-state index in [-0.39, 0.29) is 35.7 Å². The molecule has 2 aromatic rings. The van der Waals surface area contributed by atoms with Crippen LogP contribution in [-0.2, 0) is 22.5 Å². The van der Waals surface area contributed by atoms with E-state index in [0.717, 1.165) is 12.8 Å². The highest BCUT2D eigenvalue weighted by Gasteiger charge is 2.24. The molecule has 1 amide bonds. The number of pyridine rings is 1. The largest absolute Gasteiger partial charge is 0.499 e. The van der Waals surface area contributed by atoms with Crippen molar-refractivity contribution in [3.05, 3.63) is 69.0 Å². The van der Waals surface area contributed by atoms with E-state index in [1.54, 1.807) is 10.6 Å². The van der Waals surface area contributed by atoms with E-state index < -0.39 is 11.7 Å². The van der Waals surface area contributed by atoms with Crippen molar-refractivity contribution < 1.29 is 18.8 Å². The topological polar surface area (TPSA) is 81.6 Å². The van der Waals surface area contributed by atoms with Crippen molar-refractivity contribution in [1.82, 2.24) is 10.0 Å². The van der Waals surface area contributed by atoms with E-state index in [1.165, 1.54) is 24.5 Å². The standard InChI is InChI=1S/C20H21BrFN3O4/c1-2-28-9-10-29-24-20(27)19-16(23-15-7-6-13(21)11-14(15)22)12-18(26)25-8-4-3-5-17(19)25/h2,6-7,11-12,23H,1,3-5,8-10H2,(H,24,27). The number of benzene rings is 1. The first kappa shape index (κ1) is 21.1. The Balaban J connectivity index is 1.94. The molecule has 0 aliphatic carbocycles. The van der Waals surface area contributed by atoms with Crippen LogP contribution >= 0.6 is 15.9 Å².